The van der Waals surface area contributed by atoms with E-state index in [0.29, 0.717) is 12.3 Å². The molecule has 4 aromatic rings. The predicted molar refractivity (Wildman–Crippen MR) is 138 cm³/mol. The van der Waals surface area contributed by atoms with Crippen molar-refractivity contribution in [3.05, 3.63) is 107 Å². The Balaban J connectivity index is 1.40. The van der Waals surface area contributed by atoms with E-state index in [-0.39, 0.29) is 23.6 Å². The Bertz CT molecular complexity index is 1360. The van der Waals surface area contributed by atoms with Crippen LogP contribution in [0.25, 0.3) is 10.8 Å². The first-order valence-corrected chi connectivity index (χ1v) is 11.9. The van der Waals surface area contributed by atoms with E-state index < -0.39 is 5.97 Å². The average Bonchev–Trinajstić information content (AvgIpc) is 2.90. The summed E-state index contributed by atoms with van der Waals surface area (Å²) in [5.74, 6) is 0.518. The van der Waals surface area contributed by atoms with E-state index >= 15 is 0 Å². The lowest BCUT2D eigenvalue weighted by atomic mass is 9.83. The highest BCUT2D eigenvalue weighted by Crippen LogP contribution is 2.43. The summed E-state index contributed by atoms with van der Waals surface area (Å²) in [4.78, 5) is 11.5. The normalized spacial score (nSPS) is 17.9. The minimum absolute atomic E-state index is 0.0393. The summed E-state index contributed by atoms with van der Waals surface area (Å²) < 4.78 is 12.0. The molecule has 0 bridgehead atoms. The van der Waals surface area contributed by atoms with Crippen LogP contribution in [0.15, 0.2) is 84.9 Å². The topological polar surface area (TPSA) is 67.8 Å². The lowest BCUT2D eigenvalue weighted by Crippen LogP contribution is -2.37. The molecule has 5 rings (SSSR count). The molecule has 0 fully saturated rings. The van der Waals surface area contributed by atoms with Crippen molar-refractivity contribution in [2.24, 2.45) is 0 Å². The number of carboxylic acid groups (broad SMARTS) is 1. The van der Waals surface area contributed by atoms with E-state index in [1.165, 1.54) is 16.3 Å². The molecule has 0 aliphatic carbocycles. The number of carbonyl (C=O) groups is 1. The molecule has 1 aliphatic rings. The molecule has 5 nitrogen and oxygen atoms in total. The van der Waals surface area contributed by atoms with Gasteiger partial charge >= 0.3 is 5.97 Å². The van der Waals surface area contributed by atoms with E-state index in [2.05, 4.69) is 60.8 Å². The van der Waals surface area contributed by atoms with Gasteiger partial charge in [0.25, 0.3) is 0 Å². The van der Waals surface area contributed by atoms with Gasteiger partial charge in [0.1, 0.15) is 17.6 Å². The van der Waals surface area contributed by atoms with Gasteiger partial charge in [-0.15, -0.1) is 0 Å². The molecule has 2 N–H and O–H groups in total. The van der Waals surface area contributed by atoms with Crippen LogP contribution >= 0.6 is 0 Å². The Morgan fingerprint density at radius 2 is 1.80 bits per heavy atom. The van der Waals surface area contributed by atoms with Gasteiger partial charge in [0.15, 0.2) is 0 Å². The molecule has 0 saturated heterocycles. The number of hydrogen-bond donors (Lipinski definition) is 2. The number of para-hydroxylation sites is 1. The first-order chi connectivity index (χ1) is 17.0. The Hall–Kier alpha value is -3.83. The van der Waals surface area contributed by atoms with Gasteiger partial charge < -0.3 is 19.9 Å². The highest BCUT2D eigenvalue weighted by Gasteiger charge is 2.31. The largest absolute Gasteiger partial charge is 0.496 e. The van der Waals surface area contributed by atoms with E-state index in [1.807, 2.05) is 24.3 Å². The summed E-state index contributed by atoms with van der Waals surface area (Å²) >= 11 is 0. The zero-order valence-electron chi connectivity index (χ0n) is 19.9. The summed E-state index contributed by atoms with van der Waals surface area (Å²) in [6, 6.07) is 28.2. The van der Waals surface area contributed by atoms with Gasteiger partial charge in [0.05, 0.1) is 12.7 Å². The summed E-state index contributed by atoms with van der Waals surface area (Å²) in [5.41, 5.74) is 3.54. The maximum Gasteiger partial charge on any atom is 0.335 e. The highest BCUT2D eigenvalue weighted by molar-refractivity contribution is 5.88. The quantitative estimate of drug-likeness (QED) is 0.340. The Kier molecular flexibility index (Phi) is 6.43. The fourth-order valence-corrected chi connectivity index (χ4v) is 5.09. The first kappa shape index (κ1) is 22.9. The summed E-state index contributed by atoms with van der Waals surface area (Å²) in [7, 11) is 1.58. The van der Waals surface area contributed by atoms with Crippen molar-refractivity contribution in [1.82, 2.24) is 5.32 Å². The monoisotopic (exact) mass is 467 g/mol. The molecule has 35 heavy (non-hydrogen) atoms. The standard InChI is InChI=1S/C30H29NO4/c1-19(23-12-7-9-20-8-3-4-10-24(20)23)31-18-22-17-27(25-11-5-6-13-28(25)35-22)26-15-14-21(30(32)33)16-29(26)34-2/h3-16,19,22,27,31H,17-18H2,1-2H3,(H,32,33)/t19?,22-,27-/m1/s1. The molecule has 4 aromatic carbocycles. The highest BCUT2D eigenvalue weighted by atomic mass is 16.5. The predicted octanol–water partition coefficient (Wildman–Crippen LogP) is 6.18. The van der Waals surface area contributed by atoms with Crippen LogP contribution in [0.3, 0.4) is 0 Å². The van der Waals surface area contributed by atoms with Crippen molar-refractivity contribution >= 4 is 16.7 Å². The molecule has 0 saturated carbocycles. The van der Waals surface area contributed by atoms with E-state index in [0.717, 1.165) is 23.3 Å². The number of nitrogens with one attached hydrogen (secondary N) is 1. The molecule has 178 valence electrons. The molecule has 5 heteroatoms. The number of rotatable bonds is 7. The molecule has 0 aromatic heterocycles. The second-order valence-corrected chi connectivity index (χ2v) is 9.03. The van der Waals surface area contributed by atoms with Gasteiger partial charge in [0, 0.05) is 29.6 Å². The number of ether oxygens (including phenoxy) is 2. The fraction of sp³-hybridized carbons (Fsp3) is 0.233. The zero-order chi connectivity index (χ0) is 24.4. The molecule has 0 radical (unpaired) electrons. The first-order valence-electron chi connectivity index (χ1n) is 11.9. The minimum atomic E-state index is -0.966. The van der Waals surface area contributed by atoms with Crippen LogP contribution in [0.2, 0.25) is 0 Å². The lowest BCUT2D eigenvalue weighted by molar-refractivity contribution is 0.0696. The summed E-state index contributed by atoms with van der Waals surface area (Å²) in [5, 5.41) is 15.6. The smallest absolute Gasteiger partial charge is 0.335 e. The van der Waals surface area contributed by atoms with Crippen molar-refractivity contribution in [1.29, 1.82) is 0 Å². The van der Waals surface area contributed by atoms with E-state index in [1.54, 1.807) is 19.2 Å². The molecule has 0 spiro atoms. The average molecular weight is 468 g/mol. The molecule has 1 aliphatic heterocycles. The van der Waals surface area contributed by atoms with Gasteiger partial charge in [-0.05, 0) is 47.9 Å². The molecule has 1 heterocycles. The van der Waals surface area contributed by atoms with Crippen molar-refractivity contribution in [2.45, 2.75) is 31.4 Å². The molecule has 0 amide bonds. The summed E-state index contributed by atoms with van der Waals surface area (Å²) in [6.07, 6.45) is 0.714. The SMILES string of the molecule is COc1cc(C(=O)O)ccc1[C@@H]1C[C@H](CNC(C)c2cccc3ccccc23)Oc2ccccc21. The third-order valence-corrected chi connectivity index (χ3v) is 6.88. The maximum absolute atomic E-state index is 11.5. The van der Waals surface area contributed by atoms with Gasteiger partial charge in [-0.25, -0.2) is 4.79 Å². The van der Waals surface area contributed by atoms with Crippen LogP contribution in [-0.2, 0) is 0 Å². The van der Waals surface area contributed by atoms with Gasteiger partial charge in [-0.2, -0.15) is 0 Å². The second-order valence-electron chi connectivity index (χ2n) is 9.03. The molecular formula is C30H29NO4. The fourth-order valence-electron chi connectivity index (χ4n) is 5.09. The van der Waals surface area contributed by atoms with Gasteiger partial charge in [-0.1, -0.05) is 66.7 Å². The minimum Gasteiger partial charge on any atom is -0.496 e. The van der Waals surface area contributed by atoms with Crippen LogP contribution in [0.1, 0.15) is 52.4 Å². The van der Waals surface area contributed by atoms with Crippen molar-refractivity contribution in [3.8, 4) is 11.5 Å². The number of carboxylic acids is 1. The Morgan fingerprint density at radius 1 is 1.03 bits per heavy atom. The van der Waals surface area contributed by atoms with Crippen molar-refractivity contribution in [3.63, 3.8) is 0 Å². The van der Waals surface area contributed by atoms with Crippen molar-refractivity contribution in [2.75, 3.05) is 13.7 Å². The summed E-state index contributed by atoms with van der Waals surface area (Å²) in [6.45, 7) is 2.87. The van der Waals surface area contributed by atoms with E-state index in [4.69, 9.17) is 9.47 Å². The number of methoxy groups -OCH3 is 1. The number of aromatic carboxylic acids is 1. The van der Waals surface area contributed by atoms with Crippen molar-refractivity contribution < 1.29 is 19.4 Å². The van der Waals surface area contributed by atoms with Crippen LogP contribution in [0.4, 0.5) is 0 Å². The number of hydrogen-bond acceptors (Lipinski definition) is 4. The zero-order valence-corrected chi connectivity index (χ0v) is 19.9. The lowest BCUT2D eigenvalue weighted by Gasteiger charge is -2.34. The second kappa shape index (κ2) is 9.80. The van der Waals surface area contributed by atoms with Gasteiger partial charge in [-0.3, -0.25) is 0 Å². The van der Waals surface area contributed by atoms with Crippen LogP contribution in [0.5, 0.6) is 11.5 Å². The Morgan fingerprint density at radius 3 is 2.63 bits per heavy atom. The molecular weight excluding hydrogens is 438 g/mol. The van der Waals surface area contributed by atoms with E-state index in [9.17, 15) is 9.90 Å². The Labute approximate surface area is 205 Å². The van der Waals surface area contributed by atoms with Gasteiger partial charge in [0.2, 0.25) is 0 Å². The molecule has 3 atom stereocenters. The van der Waals surface area contributed by atoms with Crippen LogP contribution in [-0.4, -0.2) is 30.8 Å². The third-order valence-electron chi connectivity index (χ3n) is 6.88. The van der Waals surface area contributed by atoms with Crippen LogP contribution in [0, 0.1) is 0 Å². The number of fused-ring (bicyclic) bond motifs is 2. The maximum atomic E-state index is 11.5. The van der Waals surface area contributed by atoms with Crippen LogP contribution < -0.4 is 14.8 Å². The number of benzene rings is 4. The third kappa shape index (κ3) is 4.60. The molecule has 1 unspecified atom stereocenters.